The summed E-state index contributed by atoms with van der Waals surface area (Å²) >= 11 is 5.87. The van der Waals surface area contributed by atoms with E-state index in [1.54, 1.807) is 12.1 Å². The third-order valence-electron chi connectivity index (χ3n) is 2.00. The summed E-state index contributed by atoms with van der Waals surface area (Å²) in [5.74, 6) is -0.484. The number of hydrogen-bond donors (Lipinski definition) is 2. The Kier molecular flexibility index (Phi) is 3.92. The zero-order chi connectivity index (χ0) is 10.6. The van der Waals surface area contributed by atoms with Crippen LogP contribution in [0, 0.1) is 0 Å². The Bertz CT molecular complexity index is 339. The average molecular weight is 213 g/mol. The Balaban J connectivity index is 3.02. The standard InChI is InChI=1S/C10H13ClN2O/c11-8-5-1-3-7(4-2-6-12)9(8)10(13)14/h1,3,5H,2,4,6,12H2,(H2,13,14). The van der Waals surface area contributed by atoms with E-state index in [-0.39, 0.29) is 0 Å². The molecular weight excluding hydrogens is 200 g/mol. The molecular formula is C10H13ClN2O. The van der Waals surface area contributed by atoms with Crippen LogP contribution in [0.4, 0.5) is 0 Å². The van der Waals surface area contributed by atoms with Gasteiger partial charge in [-0.25, -0.2) is 0 Å². The van der Waals surface area contributed by atoms with Gasteiger partial charge in [-0.1, -0.05) is 23.7 Å². The molecule has 1 rings (SSSR count). The van der Waals surface area contributed by atoms with Crippen molar-refractivity contribution in [2.75, 3.05) is 6.54 Å². The first kappa shape index (κ1) is 11.0. The van der Waals surface area contributed by atoms with Crippen LogP contribution in [0.1, 0.15) is 22.3 Å². The van der Waals surface area contributed by atoms with E-state index in [2.05, 4.69) is 0 Å². The van der Waals surface area contributed by atoms with Crippen molar-refractivity contribution in [1.29, 1.82) is 0 Å². The maximum atomic E-state index is 11.1. The first-order valence-corrected chi connectivity index (χ1v) is 4.82. The number of rotatable bonds is 4. The molecule has 76 valence electrons. The van der Waals surface area contributed by atoms with Gasteiger partial charge in [0.25, 0.3) is 0 Å². The van der Waals surface area contributed by atoms with Crippen LogP contribution in [0.2, 0.25) is 5.02 Å². The van der Waals surface area contributed by atoms with E-state index in [0.717, 1.165) is 18.4 Å². The van der Waals surface area contributed by atoms with Gasteiger partial charge in [0.2, 0.25) is 5.91 Å². The van der Waals surface area contributed by atoms with Crippen molar-refractivity contribution in [2.45, 2.75) is 12.8 Å². The first-order valence-electron chi connectivity index (χ1n) is 4.44. The highest BCUT2D eigenvalue weighted by molar-refractivity contribution is 6.34. The fraction of sp³-hybridized carbons (Fsp3) is 0.300. The number of carbonyl (C=O) groups is 1. The number of nitrogens with two attached hydrogens (primary N) is 2. The SMILES string of the molecule is NCCCc1cccc(Cl)c1C(N)=O. The largest absolute Gasteiger partial charge is 0.366 e. The van der Waals surface area contributed by atoms with Crippen LogP contribution in [0.15, 0.2) is 18.2 Å². The Morgan fingerprint density at radius 1 is 1.43 bits per heavy atom. The number of benzene rings is 1. The summed E-state index contributed by atoms with van der Waals surface area (Å²) in [5, 5.41) is 0.409. The van der Waals surface area contributed by atoms with Crippen molar-refractivity contribution in [3.05, 3.63) is 34.3 Å². The van der Waals surface area contributed by atoms with Crippen LogP contribution in [-0.4, -0.2) is 12.5 Å². The van der Waals surface area contributed by atoms with E-state index in [9.17, 15) is 4.79 Å². The number of carbonyl (C=O) groups excluding carboxylic acids is 1. The van der Waals surface area contributed by atoms with E-state index in [1.165, 1.54) is 0 Å². The summed E-state index contributed by atoms with van der Waals surface area (Å²) in [4.78, 5) is 11.1. The Hall–Kier alpha value is -1.06. The Labute approximate surface area is 88.0 Å². The minimum Gasteiger partial charge on any atom is -0.366 e. The highest BCUT2D eigenvalue weighted by Gasteiger charge is 2.11. The van der Waals surface area contributed by atoms with Crippen LogP contribution >= 0.6 is 11.6 Å². The van der Waals surface area contributed by atoms with Crippen LogP contribution in [0.25, 0.3) is 0 Å². The number of hydrogen-bond acceptors (Lipinski definition) is 2. The molecule has 0 unspecified atom stereocenters. The third-order valence-corrected chi connectivity index (χ3v) is 2.31. The van der Waals surface area contributed by atoms with Gasteiger partial charge in [-0.2, -0.15) is 0 Å². The molecule has 0 aliphatic rings. The molecule has 0 spiro atoms. The zero-order valence-electron chi connectivity index (χ0n) is 7.79. The van der Waals surface area contributed by atoms with Crippen LogP contribution in [0.3, 0.4) is 0 Å². The highest BCUT2D eigenvalue weighted by Crippen LogP contribution is 2.20. The summed E-state index contributed by atoms with van der Waals surface area (Å²) in [6.07, 6.45) is 1.55. The molecule has 0 fully saturated rings. The van der Waals surface area contributed by atoms with E-state index < -0.39 is 5.91 Å². The Morgan fingerprint density at radius 3 is 2.71 bits per heavy atom. The molecule has 0 atom stereocenters. The lowest BCUT2D eigenvalue weighted by molar-refractivity contribution is 0.0999. The van der Waals surface area contributed by atoms with Gasteiger partial charge in [0.05, 0.1) is 10.6 Å². The van der Waals surface area contributed by atoms with Gasteiger partial charge in [0.15, 0.2) is 0 Å². The fourth-order valence-electron chi connectivity index (χ4n) is 1.35. The number of primary amides is 1. The molecule has 1 aromatic rings. The highest BCUT2D eigenvalue weighted by atomic mass is 35.5. The minimum absolute atomic E-state index is 0.409. The summed E-state index contributed by atoms with van der Waals surface area (Å²) < 4.78 is 0. The lowest BCUT2D eigenvalue weighted by Crippen LogP contribution is -2.15. The summed E-state index contributed by atoms with van der Waals surface area (Å²) in [6, 6.07) is 5.32. The topological polar surface area (TPSA) is 69.1 Å². The van der Waals surface area contributed by atoms with E-state index in [0.29, 0.717) is 17.1 Å². The van der Waals surface area contributed by atoms with Gasteiger partial charge in [-0.05, 0) is 31.0 Å². The van der Waals surface area contributed by atoms with Crippen molar-refractivity contribution >= 4 is 17.5 Å². The molecule has 0 aromatic heterocycles. The second-order valence-corrected chi connectivity index (χ2v) is 3.44. The molecule has 0 radical (unpaired) electrons. The van der Waals surface area contributed by atoms with Crippen LogP contribution in [0.5, 0.6) is 0 Å². The molecule has 4 heteroatoms. The molecule has 0 aliphatic carbocycles. The number of halogens is 1. The van der Waals surface area contributed by atoms with Gasteiger partial charge in [0, 0.05) is 0 Å². The normalized spacial score (nSPS) is 10.1. The summed E-state index contributed by atoms with van der Waals surface area (Å²) in [7, 11) is 0. The predicted octanol–water partition coefficient (Wildman–Crippen LogP) is 1.33. The maximum absolute atomic E-state index is 11.1. The summed E-state index contributed by atoms with van der Waals surface area (Å²) in [6.45, 7) is 0.588. The third kappa shape index (κ3) is 2.47. The molecule has 0 saturated heterocycles. The quantitative estimate of drug-likeness (QED) is 0.791. The molecule has 14 heavy (non-hydrogen) atoms. The van der Waals surface area contributed by atoms with Crippen molar-refractivity contribution in [2.24, 2.45) is 11.5 Å². The number of amides is 1. The summed E-state index contributed by atoms with van der Waals surface area (Å²) in [5.41, 5.74) is 11.9. The predicted molar refractivity (Wildman–Crippen MR) is 57.3 cm³/mol. The van der Waals surface area contributed by atoms with Crippen molar-refractivity contribution in [3.8, 4) is 0 Å². The second kappa shape index (κ2) is 4.98. The van der Waals surface area contributed by atoms with Gasteiger partial charge in [-0.15, -0.1) is 0 Å². The van der Waals surface area contributed by atoms with E-state index >= 15 is 0 Å². The smallest absolute Gasteiger partial charge is 0.250 e. The molecule has 3 nitrogen and oxygen atoms in total. The van der Waals surface area contributed by atoms with E-state index in [4.69, 9.17) is 23.1 Å². The van der Waals surface area contributed by atoms with Crippen LogP contribution in [-0.2, 0) is 6.42 Å². The van der Waals surface area contributed by atoms with Gasteiger partial charge in [0.1, 0.15) is 0 Å². The second-order valence-electron chi connectivity index (χ2n) is 3.03. The molecule has 0 saturated carbocycles. The average Bonchev–Trinajstić information content (AvgIpc) is 2.14. The molecule has 0 aliphatic heterocycles. The lowest BCUT2D eigenvalue weighted by atomic mass is 10.0. The van der Waals surface area contributed by atoms with Gasteiger partial charge >= 0.3 is 0 Å². The molecule has 4 N–H and O–H groups in total. The first-order chi connectivity index (χ1) is 6.66. The maximum Gasteiger partial charge on any atom is 0.250 e. The monoisotopic (exact) mass is 212 g/mol. The van der Waals surface area contributed by atoms with Gasteiger partial charge < -0.3 is 11.5 Å². The fourth-order valence-corrected chi connectivity index (χ4v) is 1.63. The lowest BCUT2D eigenvalue weighted by Gasteiger charge is -2.07. The van der Waals surface area contributed by atoms with Crippen molar-refractivity contribution in [3.63, 3.8) is 0 Å². The van der Waals surface area contributed by atoms with Gasteiger partial charge in [-0.3, -0.25) is 4.79 Å². The Morgan fingerprint density at radius 2 is 2.14 bits per heavy atom. The van der Waals surface area contributed by atoms with Crippen molar-refractivity contribution in [1.82, 2.24) is 0 Å². The van der Waals surface area contributed by atoms with Crippen molar-refractivity contribution < 1.29 is 4.79 Å². The number of aryl methyl sites for hydroxylation is 1. The van der Waals surface area contributed by atoms with Crippen LogP contribution < -0.4 is 11.5 Å². The molecule has 1 aromatic carbocycles. The molecule has 1 amide bonds. The molecule has 0 heterocycles. The minimum atomic E-state index is -0.484. The zero-order valence-corrected chi connectivity index (χ0v) is 8.55. The molecule has 0 bridgehead atoms. The van der Waals surface area contributed by atoms with E-state index in [1.807, 2.05) is 6.07 Å².